The lowest BCUT2D eigenvalue weighted by atomic mass is 9.96. The molecule has 0 fully saturated rings. The number of nitrogen functional groups attached to an aromatic ring is 1. The molecule has 0 aliphatic rings. The molecule has 0 aliphatic carbocycles. The first-order chi connectivity index (χ1) is 14.0. The molecule has 1 aromatic heterocycles. The van der Waals surface area contributed by atoms with Gasteiger partial charge in [0.1, 0.15) is 0 Å². The molecule has 0 aliphatic heterocycles. The van der Waals surface area contributed by atoms with E-state index in [0.29, 0.717) is 5.56 Å². The average molecular weight is 382 g/mol. The molecule has 5 heteroatoms. The van der Waals surface area contributed by atoms with Gasteiger partial charge in [-0.3, -0.25) is 4.79 Å². The summed E-state index contributed by atoms with van der Waals surface area (Å²) in [7, 11) is 0. The number of anilines is 1. The second-order valence-electron chi connectivity index (χ2n) is 7.14. The highest BCUT2D eigenvalue weighted by Gasteiger charge is 2.13. The van der Waals surface area contributed by atoms with E-state index in [2.05, 4.69) is 15.3 Å². The molecule has 4 aromatic rings. The van der Waals surface area contributed by atoms with Gasteiger partial charge in [0.15, 0.2) is 0 Å². The summed E-state index contributed by atoms with van der Waals surface area (Å²) < 4.78 is 0. The molecule has 0 bridgehead atoms. The number of hydrogen-bond acceptors (Lipinski definition) is 4. The first-order valence-electron chi connectivity index (χ1n) is 9.50. The third kappa shape index (κ3) is 3.94. The number of benzene rings is 3. The summed E-state index contributed by atoms with van der Waals surface area (Å²) in [4.78, 5) is 21.1. The van der Waals surface area contributed by atoms with Crippen LogP contribution in [-0.2, 0) is 0 Å². The molecule has 0 saturated heterocycles. The molecule has 0 unspecified atom stereocenters. The number of hydrogen-bond donors (Lipinski definition) is 2. The van der Waals surface area contributed by atoms with Crippen LogP contribution in [0, 0.1) is 6.92 Å². The number of carbonyl (C=O) groups is 1. The van der Waals surface area contributed by atoms with E-state index in [0.717, 1.165) is 33.2 Å². The minimum Gasteiger partial charge on any atom is -0.368 e. The van der Waals surface area contributed by atoms with Gasteiger partial charge in [-0.25, -0.2) is 9.97 Å². The maximum absolute atomic E-state index is 12.8. The minimum atomic E-state index is -0.0977. The molecular weight excluding hydrogens is 360 g/mol. The molecule has 0 radical (unpaired) electrons. The van der Waals surface area contributed by atoms with E-state index in [4.69, 9.17) is 5.73 Å². The molecule has 0 spiro atoms. The number of aromatic nitrogens is 2. The van der Waals surface area contributed by atoms with Crippen LogP contribution in [-0.4, -0.2) is 15.9 Å². The molecule has 1 heterocycles. The van der Waals surface area contributed by atoms with Crippen LogP contribution in [0.1, 0.15) is 34.5 Å². The molecule has 1 atom stereocenters. The van der Waals surface area contributed by atoms with E-state index in [1.807, 2.05) is 80.6 Å². The predicted octanol–water partition coefficient (Wildman–Crippen LogP) is 4.68. The SMILES string of the molecule is Cc1ccc(C(=O)N[C@@H](C)c2ccccc2)cc1-c1ccc2nc(N)ncc2c1. The number of carbonyl (C=O) groups excluding carboxylic acids is 1. The van der Waals surface area contributed by atoms with Crippen LogP contribution in [0.2, 0.25) is 0 Å². The fourth-order valence-electron chi connectivity index (χ4n) is 3.39. The Labute approximate surface area is 169 Å². The minimum absolute atomic E-state index is 0.0725. The summed E-state index contributed by atoms with van der Waals surface area (Å²) in [6, 6.07) is 21.6. The number of aryl methyl sites for hydroxylation is 1. The van der Waals surface area contributed by atoms with Gasteiger partial charge in [0.2, 0.25) is 5.95 Å². The number of nitrogens with zero attached hydrogens (tertiary/aromatic N) is 2. The van der Waals surface area contributed by atoms with Crippen molar-refractivity contribution in [2.24, 2.45) is 0 Å². The molecule has 5 nitrogen and oxygen atoms in total. The standard InChI is InChI=1S/C24H22N4O/c1-15-8-9-19(23(29)27-16(2)17-6-4-3-5-7-17)13-21(15)18-10-11-22-20(12-18)14-26-24(25)28-22/h3-14,16H,1-2H3,(H,27,29)(H2,25,26,28)/t16-/m0/s1. The van der Waals surface area contributed by atoms with Crippen molar-refractivity contribution in [2.45, 2.75) is 19.9 Å². The fraction of sp³-hybridized carbons (Fsp3) is 0.125. The number of nitrogens with one attached hydrogen (secondary N) is 1. The van der Waals surface area contributed by atoms with Gasteiger partial charge in [0.05, 0.1) is 11.6 Å². The normalized spacial score (nSPS) is 11.9. The largest absolute Gasteiger partial charge is 0.368 e. The van der Waals surface area contributed by atoms with Crippen molar-refractivity contribution in [1.82, 2.24) is 15.3 Å². The Hall–Kier alpha value is -3.73. The van der Waals surface area contributed by atoms with Crippen molar-refractivity contribution < 1.29 is 4.79 Å². The van der Waals surface area contributed by atoms with Gasteiger partial charge in [-0.2, -0.15) is 0 Å². The van der Waals surface area contributed by atoms with E-state index < -0.39 is 0 Å². The average Bonchev–Trinajstić information content (AvgIpc) is 2.74. The predicted molar refractivity (Wildman–Crippen MR) is 116 cm³/mol. The fourth-order valence-corrected chi connectivity index (χ4v) is 3.39. The zero-order valence-corrected chi connectivity index (χ0v) is 16.4. The quantitative estimate of drug-likeness (QED) is 0.537. The van der Waals surface area contributed by atoms with Crippen molar-refractivity contribution in [1.29, 1.82) is 0 Å². The van der Waals surface area contributed by atoms with E-state index in [1.54, 1.807) is 6.20 Å². The molecule has 3 N–H and O–H groups in total. The number of nitrogens with two attached hydrogens (primary N) is 1. The first kappa shape index (κ1) is 18.6. The lowest BCUT2D eigenvalue weighted by Crippen LogP contribution is -2.26. The van der Waals surface area contributed by atoms with Gasteiger partial charge in [0, 0.05) is 17.1 Å². The molecular formula is C24H22N4O. The van der Waals surface area contributed by atoms with Crippen molar-refractivity contribution in [3.05, 3.63) is 89.6 Å². The van der Waals surface area contributed by atoms with Crippen LogP contribution in [0.15, 0.2) is 72.9 Å². The van der Waals surface area contributed by atoms with Gasteiger partial charge in [0.25, 0.3) is 5.91 Å². The Morgan fingerprint density at radius 2 is 1.83 bits per heavy atom. The first-order valence-corrected chi connectivity index (χ1v) is 9.50. The number of amides is 1. The molecule has 144 valence electrons. The van der Waals surface area contributed by atoms with Crippen LogP contribution in [0.4, 0.5) is 5.95 Å². The van der Waals surface area contributed by atoms with E-state index in [1.165, 1.54) is 0 Å². The summed E-state index contributed by atoms with van der Waals surface area (Å²) in [5.41, 5.74) is 11.3. The topological polar surface area (TPSA) is 80.9 Å². The number of rotatable bonds is 4. The van der Waals surface area contributed by atoms with Crippen LogP contribution in [0.25, 0.3) is 22.0 Å². The highest BCUT2D eigenvalue weighted by molar-refractivity contribution is 5.96. The summed E-state index contributed by atoms with van der Waals surface area (Å²) in [5, 5.41) is 3.98. The van der Waals surface area contributed by atoms with Gasteiger partial charge in [-0.15, -0.1) is 0 Å². The van der Waals surface area contributed by atoms with Gasteiger partial charge < -0.3 is 11.1 Å². The monoisotopic (exact) mass is 382 g/mol. The third-order valence-corrected chi connectivity index (χ3v) is 5.06. The Morgan fingerprint density at radius 3 is 2.62 bits per heavy atom. The maximum atomic E-state index is 12.8. The molecule has 0 saturated carbocycles. The Morgan fingerprint density at radius 1 is 1.03 bits per heavy atom. The van der Waals surface area contributed by atoms with Crippen LogP contribution < -0.4 is 11.1 Å². The summed E-state index contributed by atoms with van der Waals surface area (Å²) >= 11 is 0. The van der Waals surface area contributed by atoms with E-state index in [-0.39, 0.29) is 17.9 Å². The molecule has 3 aromatic carbocycles. The Kier molecular flexibility index (Phi) is 4.96. The summed E-state index contributed by atoms with van der Waals surface area (Å²) in [6.07, 6.45) is 1.72. The number of fused-ring (bicyclic) bond motifs is 1. The van der Waals surface area contributed by atoms with Crippen molar-refractivity contribution in [3.8, 4) is 11.1 Å². The molecule has 29 heavy (non-hydrogen) atoms. The third-order valence-electron chi connectivity index (χ3n) is 5.06. The Bertz CT molecular complexity index is 1190. The second kappa shape index (κ2) is 7.72. The van der Waals surface area contributed by atoms with E-state index in [9.17, 15) is 4.79 Å². The van der Waals surface area contributed by atoms with Gasteiger partial charge in [-0.05, 0) is 60.4 Å². The highest BCUT2D eigenvalue weighted by Crippen LogP contribution is 2.28. The van der Waals surface area contributed by atoms with Gasteiger partial charge in [-0.1, -0.05) is 42.5 Å². The van der Waals surface area contributed by atoms with Crippen molar-refractivity contribution >= 4 is 22.8 Å². The lowest BCUT2D eigenvalue weighted by Gasteiger charge is -2.15. The lowest BCUT2D eigenvalue weighted by molar-refractivity contribution is 0.0940. The van der Waals surface area contributed by atoms with Crippen molar-refractivity contribution in [3.63, 3.8) is 0 Å². The Balaban J connectivity index is 1.64. The molecule has 4 rings (SSSR count). The summed E-state index contributed by atoms with van der Waals surface area (Å²) in [5.74, 6) is 0.159. The van der Waals surface area contributed by atoms with Crippen LogP contribution in [0.3, 0.4) is 0 Å². The highest BCUT2D eigenvalue weighted by atomic mass is 16.1. The molecule has 1 amide bonds. The van der Waals surface area contributed by atoms with E-state index >= 15 is 0 Å². The van der Waals surface area contributed by atoms with Gasteiger partial charge >= 0.3 is 0 Å². The smallest absolute Gasteiger partial charge is 0.251 e. The zero-order valence-electron chi connectivity index (χ0n) is 16.4. The maximum Gasteiger partial charge on any atom is 0.251 e. The summed E-state index contributed by atoms with van der Waals surface area (Å²) in [6.45, 7) is 4.02. The van der Waals surface area contributed by atoms with Crippen molar-refractivity contribution in [2.75, 3.05) is 5.73 Å². The van der Waals surface area contributed by atoms with Crippen LogP contribution in [0.5, 0.6) is 0 Å². The zero-order chi connectivity index (χ0) is 20.4. The van der Waals surface area contributed by atoms with Crippen LogP contribution >= 0.6 is 0 Å². The second-order valence-corrected chi connectivity index (χ2v) is 7.14.